The third-order valence-electron chi connectivity index (χ3n) is 8.79. The van der Waals surface area contributed by atoms with Crippen molar-refractivity contribution in [1.82, 2.24) is 25.1 Å². The molecule has 3 N–H and O–H groups in total. The van der Waals surface area contributed by atoms with Crippen LogP contribution in [0.1, 0.15) is 37.8 Å². The number of nitrogens with zero attached hydrogens (tertiary/aromatic N) is 6. The van der Waals surface area contributed by atoms with Gasteiger partial charge in [-0.25, -0.2) is 4.98 Å². The highest BCUT2D eigenvalue weighted by Crippen LogP contribution is 2.33. The van der Waals surface area contributed by atoms with Crippen molar-refractivity contribution < 1.29 is 14.4 Å². The Hall–Kier alpha value is -4.71. The lowest BCUT2D eigenvalue weighted by molar-refractivity contribution is -0.135. The summed E-state index contributed by atoms with van der Waals surface area (Å²) < 4.78 is 1.71. The van der Waals surface area contributed by atoms with E-state index in [1.165, 1.54) is 0 Å². The number of benzene rings is 2. The largest absolute Gasteiger partial charge is 0.382 e. The average molecular weight is 614 g/mol. The van der Waals surface area contributed by atoms with Crippen LogP contribution in [0.3, 0.4) is 0 Å². The van der Waals surface area contributed by atoms with Gasteiger partial charge in [-0.3, -0.25) is 24.4 Å². The molecule has 2 aromatic carbocycles. The highest BCUT2D eigenvalue weighted by molar-refractivity contribution is 6.32. The third-order valence-corrected chi connectivity index (χ3v) is 9.07. The van der Waals surface area contributed by atoms with Crippen molar-refractivity contribution in [2.24, 2.45) is 5.92 Å². The molecule has 2 aromatic heterocycles. The number of piperidine rings is 2. The van der Waals surface area contributed by atoms with Crippen LogP contribution in [0.2, 0.25) is 5.02 Å². The summed E-state index contributed by atoms with van der Waals surface area (Å²) >= 11 is 6.47. The molecule has 2 saturated heterocycles. The van der Waals surface area contributed by atoms with E-state index in [2.05, 4.69) is 43.9 Å². The molecule has 12 nitrogen and oxygen atoms in total. The number of aromatic nitrogens is 4. The van der Waals surface area contributed by atoms with Gasteiger partial charge in [-0.15, -0.1) is 0 Å². The molecule has 3 aliphatic rings. The summed E-state index contributed by atoms with van der Waals surface area (Å²) in [5.41, 5.74) is 4.55. The van der Waals surface area contributed by atoms with Gasteiger partial charge >= 0.3 is 0 Å². The van der Waals surface area contributed by atoms with Gasteiger partial charge in [-0.05, 0) is 60.7 Å². The summed E-state index contributed by atoms with van der Waals surface area (Å²) in [4.78, 5) is 49.1. The van der Waals surface area contributed by atoms with E-state index in [0.29, 0.717) is 42.0 Å². The maximum atomic E-state index is 12.4. The van der Waals surface area contributed by atoms with E-state index in [9.17, 15) is 14.4 Å². The van der Waals surface area contributed by atoms with Crippen molar-refractivity contribution in [3.63, 3.8) is 0 Å². The van der Waals surface area contributed by atoms with Crippen LogP contribution in [0.15, 0.2) is 48.8 Å². The van der Waals surface area contributed by atoms with E-state index >= 15 is 0 Å². The number of carbonyl (C=O) groups is 3. The molecule has 1 unspecified atom stereocenters. The summed E-state index contributed by atoms with van der Waals surface area (Å²) in [5, 5.41) is 15.2. The van der Waals surface area contributed by atoms with Crippen molar-refractivity contribution in [1.29, 1.82) is 0 Å². The van der Waals surface area contributed by atoms with Crippen LogP contribution in [-0.2, 0) is 20.8 Å². The van der Waals surface area contributed by atoms with Crippen molar-refractivity contribution >= 4 is 69.1 Å². The number of nitrogens with one attached hydrogen (secondary N) is 3. The maximum absolute atomic E-state index is 12.4. The van der Waals surface area contributed by atoms with Gasteiger partial charge in [0.15, 0.2) is 5.82 Å². The monoisotopic (exact) mass is 613 g/mol. The Balaban J connectivity index is 1.01. The number of halogens is 1. The molecular formula is C31H32ClN9O3. The number of rotatable bonds is 6. The van der Waals surface area contributed by atoms with Gasteiger partial charge in [0, 0.05) is 55.0 Å². The summed E-state index contributed by atoms with van der Waals surface area (Å²) in [7, 11) is 1.79. The van der Waals surface area contributed by atoms with Crippen LogP contribution >= 0.6 is 11.6 Å². The van der Waals surface area contributed by atoms with Crippen molar-refractivity contribution in [3.05, 3.63) is 59.4 Å². The van der Waals surface area contributed by atoms with Crippen LogP contribution in [0.25, 0.3) is 10.9 Å². The molecule has 5 heterocycles. The predicted molar refractivity (Wildman–Crippen MR) is 168 cm³/mol. The Morgan fingerprint density at radius 2 is 1.89 bits per heavy atom. The molecule has 7 rings (SSSR count). The molecule has 226 valence electrons. The Labute approximate surface area is 258 Å². The first kappa shape index (κ1) is 28.1. The Bertz CT molecular complexity index is 1810. The topological polar surface area (TPSA) is 137 Å². The molecule has 13 heteroatoms. The van der Waals surface area contributed by atoms with E-state index < -0.39 is 6.04 Å². The van der Waals surface area contributed by atoms with Gasteiger partial charge in [-0.2, -0.15) is 10.1 Å². The Morgan fingerprint density at radius 1 is 1.05 bits per heavy atom. The van der Waals surface area contributed by atoms with Gasteiger partial charge in [0.2, 0.25) is 17.8 Å². The van der Waals surface area contributed by atoms with Crippen LogP contribution in [0, 0.1) is 5.92 Å². The zero-order valence-corrected chi connectivity index (χ0v) is 25.1. The van der Waals surface area contributed by atoms with Gasteiger partial charge in [0.05, 0.1) is 24.3 Å². The first-order valence-electron chi connectivity index (χ1n) is 14.7. The number of carbonyl (C=O) groups excluding carboxylic acids is 3. The average Bonchev–Trinajstić information content (AvgIpc) is 3.54. The number of anilines is 5. The van der Waals surface area contributed by atoms with Crippen LogP contribution in [0.5, 0.6) is 0 Å². The molecule has 3 atom stereocenters. The van der Waals surface area contributed by atoms with Gasteiger partial charge in [0.25, 0.3) is 5.91 Å². The SMILES string of the molecule is C[C@@H]1CN(c2ncc(Cl)c(Nc3ccc4c(c3)CC(=O)N4C)n2)CC[C@H]1Nc1ccc2c(cnn2C2CCC(=O)NC2=O)c1. The van der Waals surface area contributed by atoms with E-state index in [-0.39, 0.29) is 23.8 Å². The zero-order chi connectivity index (χ0) is 30.5. The standard InChI is InChI=1S/C31H32ClN9O3/c1-17-16-40(31-33-15-22(32)29(38-31)36-21-3-5-24-18(11-21)13-28(43)39(24)2)10-9-23(17)35-20-4-6-25-19(12-20)14-34-41(25)26-7-8-27(42)37-30(26)44/h3-6,11-12,14-15,17,23,26,35H,7-10,13,16H2,1-2H3,(H,33,36,38)(H,37,42,44)/t17-,23-,26?/m1/s1. The molecule has 2 fully saturated rings. The normalized spacial score (nSPS) is 21.9. The minimum atomic E-state index is -0.486. The number of imide groups is 1. The lowest BCUT2D eigenvalue weighted by Crippen LogP contribution is -2.46. The molecule has 44 heavy (non-hydrogen) atoms. The molecule has 0 aliphatic carbocycles. The molecule has 0 spiro atoms. The molecule has 0 radical (unpaired) electrons. The van der Waals surface area contributed by atoms with Gasteiger partial charge in [0.1, 0.15) is 11.1 Å². The summed E-state index contributed by atoms with van der Waals surface area (Å²) in [6.45, 7) is 3.75. The number of hydrogen-bond donors (Lipinski definition) is 3. The Kier molecular flexibility index (Phi) is 7.08. The van der Waals surface area contributed by atoms with Crippen LogP contribution in [-0.4, -0.2) is 63.6 Å². The van der Waals surface area contributed by atoms with E-state index in [1.807, 2.05) is 30.3 Å². The zero-order valence-electron chi connectivity index (χ0n) is 24.4. The molecule has 0 saturated carbocycles. The number of amides is 3. The summed E-state index contributed by atoms with van der Waals surface area (Å²) in [6, 6.07) is 11.6. The fourth-order valence-electron chi connectivity index (χ4n) is 6.35. The van der Waals surface area contributed by atoms with E-state index in [4.69, 9.17) is 16.6 Å². The van der Waals surface area contributed by atoms with Crippen molar-refractivity contribution in [3.8, 4) is 0 Å². The smallest absolute Gasteiger partial charge is 0.251 e. The van der Waals surface area contributed by atoms with E-state index in [0.717, 1.165) is 53.0 Å². The van der Waals surface area contributed by atoms with Gasteiger partial charge < -0.3 is 20.4 Å². The lowest BCUT2D eigenvalue weighted by atomic mass is 9.93. The number of fused-ring (bicyclic) bond motifs is 2. The highest BCUT2D eigenvalue weighted by Gasteiger charge is 2.31. The second-order valence-corrected chi connectivity index (χ2v) is 12.2. The first-order valence-corrected chi connectivity index (χ1v) is 15.1. The maximum Gasteiger partial charge on any atom is 0.251 e. The fourth-order valence-corrected chi connectivity index (χ4v) is 6.48. The lowest BCUT2D eigenvalue weighted by Gasteiger charge is -2.37. The molecule has 3 amide bonds. The number of likely N-dealkylation sites (N-methyl/N-ethyl adjacent to an activating group) is 1. The van der Waals surface area contributed by atoms with Crippen LogP contribution < -0.4 is 25.8 Å². The van der Waals surface area contributed by atoms with Crippen molar-refractivity contribution in [2.75, 3.05) is 40.6 Å². The minimum absolute atomic E-state index is 0.0768. The number of hydrogen-bond acceptors (Lipinski definition) is 9. The quantitative estimate of drug-likeness (QED) is 0.275. The highest BCUT2D eigenvalue weighted by atomic mass is 35.5. The second-order valence-electron chi connectivity index (χ2n) is 11.8. The third kappa shape index (κ3) is 5.19. The molecule has 3 aliphatic heterocycles. The fraction of sp³-hybridized carbons (Fsp3) is 0.355. The minimum Gasteiger partial charge on any atom is -0.382 e. The summed E-state index contributed by atoms with van der Waals surface area (Å²) in [6.07, 6.45) is 5.40. The second kappa shape index (κ2) is 11.1. The molecule has 0 bridgehead atoms. The first-order chi connectivity index (χ1) is 21.2. The van der Waals surface area contributed by atoms with E-state index in [1.54, 1.807) is 29.0 Å². The van der Waals surface area contributed by atoms with Crippen LogP contribution in [0.4, 0.5) is 28.8 Å². The van der Waals surface area contributed by atoms with Gasteiger partial charge in [-0.1, -0.05) is 18.5 Å². The molecule has 4 aromatic rings. The van der Waals surface area contributed by atoms with Crippen molar-refractivity contribution in [2.45, 2.75) is 44.7 Å². The summed E-state index contributed by atoms with van der Waals surface area (Å²) in [5.74, 6) is 0.960. The Morgan fingerprint density at radius 3 is 2.70 bits per heavy atom. The predicted octanol–water partition coefficient (Wildman–Crippen LogP) is 4.05. The molecular weight excluding hydrogens is 582 g/mol.